The second-order valence-electron chi connectivity index (χ2n) is 7.67. The maximum atomic E-state index is 10.3. The van der Waals surface area contributed by atoms with Crippen LogP contribution in [0, 0.1) is 0 Å². The Labute approximate surface area is 215 Å². The molecule has 6 heteroatoms. The number of phenols is 2. The summed E-state index contributed by atoms with van der Waals surface area (Å²) in [4.78, 5) is 9.81. The summed E-state index contributed by atoms with van der Waals surface area (Å²) >= 11 is 6.91. The molecule has 0 amide bonds. The van der Waals surface area contributed by atoms with Crippen molar-refractivity contribution in [3.8, 4) is 11.5 Å². The average molecular weight is 578 g/mol. The Hall–Kier alpha value is -3.22. The summed E-state index contributed by atoms with van der Waals surface area (Å²) in [7, 11) is 0. The van der Waals surface area contributed by atoms with Gasteiger partial charge in [0.25, 0.3) is 0 Å². The first-order valence-electron chi connectivity index (χ1n) is 10.6. The van der Waals surface area contributed by atoms with E-state index >= 15 is 0 Å². The molecule has 0 heterocycles. The molecule has 34 heavy (non-hydrogen) atoms. The van der Waals surface area contributed by atoms with Crippen LogP contribution in [0.4, 0.5) is 0 Å². The van der Waals surface area contributed by atoms with Crippen molar-refractivity contribution in [2.75, 3.05) is 0 Å². The molecule has 0 aliphatic carbocycles. The first-order valence-corrected chi connectivity index (χ1v) is 12.2. The smallest absolute Gasteiger partial charge is 0.124 e. The van der Waals surface area contributed by atoms with Gasteiger partial charge in [0.15, 0.2) is 0 Å². The zero-order valence-electron chi connectivity index (χ0n) is 18.1. The van der Waals surface area contributed by atoms with E-state index in [0.717, 1.165) is 20.1 Å². The summed E-state index contributed by atoms with van der Waals surface area (Å²) in [6.07, 6.45) is 3.36. The molecule has 0 fully saturated rings. The van der Waals surface area contributed by atoms with Crippen molar-refractivity contribution in [3.63, 3.8) is 0 Å². The normalized spacial score (nSPS) is 13.4. The molecule has 2 atom stereocenters. The van der Waals surface area contributed by atoms with Crippen LogP contribution in [0.1, 0.15) is 34.3 Å². The van der Waals surface area contributed by atoms with Crippen molar-refractivity contribution in [1.29, 1.82) is 0 Å². The van der Waals surface area contributed by atoms with Gasteiger partial charge in [-0.1, -0.05) is 92.5 Å². The van der Waals surface area contributed by atoms with E-state index in [4.69, 9.17) is 9.98 Å². The Morgan fingerprint density at radius 1 is 0.559 bits per heavy atom. The molecule has 170 valence electrons. The number of hydrogen-bond donors (Lipinski definition) is 2. The van der Waals surface area contributed by atoms with E-state index in [-0.39, 0.29) is 23.6 Å². The quantitative estimate of drug-likeness (QED) is 0.222. The highest BCUT2D eigenvalue weighted by Gasteiger charge is 2.23. The Bertz CT molecular complexity index is 1210. The van der Waals surface area contributed by atoms with Gasteiger partial charge in [0.05, 0.1) is 0 Å². The van der Waals surface area contributed by atoms with Crippen LogP contribution in [0.3, 0.4) is 0 Å². The summed E-state index contributed by atoms with van der Waals surface area (Å²) in [6.45, 7) is 0. The molecule has 2 unspecified atom stereocenters. The molecule has 2 N–H and O–H groups in total. The van der Waals surface area contributed by atoms with Crippen LogP contribution in [-0.2, 0) is 0 Å². The molecule has 0 bridgehead atoms. The summed E-state index contributed by atoms with van der Waals surface area (Å²) in [5, 5.41) is 20.6. The van der Waals surface area contributed by atoms with E-state index in [1.165, 1.54) is 0 Å². The van der Waals surface area contributed by atoms with Gasteiger partial charge in [-0.15, -0.1) is 0 Å². The summed E-state index contributed by atoms with van der Waals surface area (Å²) in [6, 6.07) is 29.6. The molecule has 0 saturated heterocycles. The van der Waals surface area contributed by atoms with Crippen LogP contribution in [-0.4, -0.2) is 22.6 Å². The highest BCUT2D eigenvalue weighted by atomic mass is 79.9. The second kappa shape index (κ2) is 11.3. The summed E-state index contributed by atoms with van der Waals surface area (Å²) < 4.78 is 1.71. The summed E-state index contributed by atoms with van der Waals surface area (Å²) in [5.41, 5.74) is 3.18. The van der Waals surface area contributed by atoms with E-state index in [0.29, 0.717) is 11.1 Å². The number of rotatable bonds is 7. The predicted octanol–water partition coefficient (Wildman–Crippen LogP) is 7.64. The van der Waals surface area contributed by atoms with Gasteiger partial charge in [-0.3, -0.25) is 9.98 Å². The maximum absolute atomic E-state index is 10.3. The molecule has 4 aromatic carbocycles. The average Bonchev–Trinajstić information content (AvgIpc) is 2.86. The zero-order chi connectivity index (χ0) is 23.9. The number of nitrogens with zero attached hydrogens (tertiary/aromatic N) is 2. The van der Waals surface area contributed by atoms with Crippen molar-refractivity contribution < 1.29 is 10.2 Å². The van der Waals surface area contributed by atoms with Crippen molar-refractivity contribution in [2.45, 2.75) is 12.1 Å². The number of benzene rings is 4. The lowest BCUT2D eigenvalue weighted by Crippen LogP contribution is -2.09. The molecule has 4 aromatic rings. The molecule has 0 radical (unpaired) electrons. The highest BCUT2D eigenvalue weighted by molar-refractivity contribution is 9.10. The first kappa shape index (κ1) is 23.9. The Balaban J connectivity index is 1.81. The van der Waals surface area contributed by atoms with Gasteiger partial charge in [0.2, 0.25) is 0 Å². The van der Waals surface area contributed by atoms with Crippen molar-refractivity contribution in [2.24, 2.45) is 9.98 Å². The number of aliphatic imine (C=N–C) groups is 2. The third kappa shape index (κ3) is 6.01. The molecule has 0 aliphatic heterocycles. The number of halogens is 2. The van der Waals surface area contributed by atoms with Crippen LogP contribution in [0.5, 0.6) is 11.5 Å². The SMILES string of the molecule is Oc1ccc(Br)cc1/C=N/C(c1ccccc1)C(/N=C/c1cc(Br)ccc1O)c1ccccc1. The molecule has 4 nitrogen and oxygen atoms in total. The van der Waals surface area contributed by atoms with E-state index in [9.17, 15) is 10.2 Å². The van der Waals surface area contributed by atoms with Crippen LogP contribution < -0.4 is 0 Å². The largest absolute Gasteiger partial charge is 0.507 e. The maximum Gasteiger partial charge on any atom is 0.124 e. The van der Waals surface area contributed by atoms with Crippen LogP contribution in [0.25, 0.3) is 0 Å². The van der Waals surface area contributed by atoms with Crippen molar-refractivity contribution >= 4 is 44.3 Å². The lowest BCUT2D eigenvalue weighted by atomic mass is 9.94. The first-order chi connectivity index (χ1) is 16.5. The third-order valence-corrected chi connectivity index (χ3v) is 6.30. The van der Waals surface area contributed by atoms with Gasteiger partial charge in [-0.25, -0.2) is 0 Å². The lowest BCUT2D eigenvalue weighted by molar-refractivity contribution is 0.473. The van der Waals surface area contributed by atoms with E-state index in [1.54, 1.807) is 36.7 Å². The zero-order valence-corrected chi connectivity index (χ0v) is 21.3. The van der Waals surface area contributed by atoms with Crippen LogP contribution in [0.2, 0.25) is 0 Å². The van der Waals surface area contributed by atoms with Gasteiger partial charge in [-0.2, -0.15) is 0 Å². The van der Waals surface area contributed by atoms with Crippen molar-refractivity contribution in [1.82, 2.24) is 0 Å². The summed E-state index contributed by atoms with van der Waals surface area (Å²) in [5.74, 6) is 0.301. The number of phenolic OH excluding ortho intramolecular Hbond substituents is 2. The molecular formula is C28H22Br2N2O2. The highest BCUT2D eigenvalue weighted by Crippen LogP contribution is 2.36. The van der Waals surface area contributed by atoms with Gasteiger partial charge in [0, 0.05) is 32.5 Å². The fourth-order valence-electron chi connectivity index (χ4n) is 3.58. The molecular weight excluding hydrogens is 556 g/mol. The van der Waals surface area contributed by atoms with Gasteiger partial charge < -0.3 is 10.2 Å². The minimum absolute atomic E-state index is 0.151. The molecule has 0 spiro atoms. The number of hydrogen-bond acceptors (Lipinski definition) is 4. The minimum atomic E-state index is -0.368. The monoisotopic (exact) mass is 576 g/mol. The Morgan fingerprint density at radius 2 is 0.941 bits per heavy atom. The Kier molecular flexibility index (Phi) is 7.93. The van der Waals surface area contributed by atoms with Gasteiger partial charge in [0.1, 0.15) is 23.6 Å². The van der Waals surface area contributed by atoms with E-state index in [2.05, 4.69) is 31.9 Å². The van der Waals surface area contributed by atoms with E-state index < -0.39 is 0 Å². The molecule has 0 aliphatic rings. The Morgan fingerprint density at radius 3 is 1.32 bits per heavy atom. The van der Waals surface area contributed by atoms with Crippen LogP contribution >= 0.6 is 31.9 Å². The fraction of sp³-hybridized carbons (Fsp3) is 0.0714. The van der Waals surface area contributed by atoms with Gasteiger partial charge in [-0.05, 0) is 47.5 Å². The fourth-order valence-corrected chi connectivity index (χ4v) is 4.34. The topological polar surface area (TPSA) is 65.2 Å². The third-order valence-electron chi connectivity index (χ3n) is 5.31. The van der Waals surface area contributed by atoms with Crippen molar-refractivity contribution in [3.05, 3.63) is 128 Å². The number of aromatic hydroxyl groups is 2. The standard InChI is InChI=1S/C28H22Br2N2O2/c29-23-11-13-25(33)21(15-23)17-31-27(19-7-3-1-4-8-19)28(20-9-5-2-6-10-20)32-18-22-16-24(30)12-14-26(22)34/h1-18,27-28,33-34H/b31-17+,32-18+. The predicted molar refractivity (Wildman–Crippen MR) is 145 cm³/mol. The second-order valence-corrected chi connectivity index (χ2v) is 9.51. The van der Waals surface area contributed by atoms with Gasteiger partial charge >= 0.3 is 0 Å². The van der Waals surface area contributed by atoms with E-state index in [1.807, 2.05) is 72.8 Å². The lowest BCUT2D eigenvalue weighted by Gasteiger charge is -2.22. The molecule has 0 aromatic heterocycles. The van der Waals surface area contributed by atoms with Crippen LogP contribution in [0.15, 0.2) is 116 Å². The molecule has 0 saturated carbocycles. The minimum Gasteiger partial charge on any atom is -0.507 e. The molecule has 4 rings (SSSR count).